The topological polar surface area (TPSA) is 41.6 Å². The summed E-state index contributed by atoms with van der Waals surface area (Å²) < 4.78 is 5.28. The van der Waals surface area contributed by atoms with E-state index in [1.807, 2.05) is 26.0 Å². The van der Waals surface area contributed by atoms with E-state index >= 15 is 0 Å². The summed E-state index contributed by atoms with van der Waals surface area (Å²) in [6.45, 7) is 8.49. The molecule has 21 heavy (non-hydrogen) atoms. The van der Waals surface area contributed by atoms with Gasteiger partial charge >= 0.3 is 0 Å². The van der Waals surface area contributed by atoms with Gasteiger partial charge in [-0.25, -0.2) is 0 Å². The van der Waals surface area contributed by atoms with Gasteiger partial charge in [0.05, 0.1) is 6.10 Å². The number of carbonyl (C=O) groups is 1. The second-order valence-corrected chi connectivity index (χ2v) is 6.12. The van der Waals surface area contributed by atoms with Gasteiger partial charge in [-0.3, -0.25) is 4.79 Å². The van der Waals surface area contributed by atoms with Crippen LogP contribution in [0.25, 0.3) is 0 Å². The summed E-state index contributed by atoms with van der Waals surface area (Å²) in [4.78, 5) is 14.1. The quantitative estimate of drug-likeness (QED) is 0.904. The van der Waals surface area contributed by atoms with Crippen molar-refractivity contribution in [2.45, 2.75) is 39.7 Å². The fourth-order valence-electron chi connectivity index (χ4n) is 2.46. The van der Waals surface area contributed by atoms with Gasteiger partial charge in [0.25, 0.3) is 0 Å². The van der Waals surface area contributed by atoms with E-state index in [0.717, 1.165) is 24.7 Å². The number of hydrogen-bond acceptors (Lipinski definition) is 3. The van der Waals surface area contributed by atoms with Crippen LogP contribution in [0.3, 0.4) is 0 Å². The molecule has 1 amide bonds. The van der Waals surface area contributed by atoms with Crippen molar-refractivity contribution < 1.29 is 9.53 Å². The Morgan fingerprint density at radius 3 is 2.48 bits per heavy atom. The van der Waals surface area contributed by atoms with Gasteiger partial charge in [0.1, 0.15) is 6.61 Å². The number of nitrogens with zero attached hydrogens (tertiary/aromatic N) is 1. The van der Waals surface area contributed by atoms with Gasteiger partial charge < -0.3 is 15.0 Å². The van der Waals surface area contributed by atoms with E-state index in [9.17, 15) is 4.79 Å². The maximum atomic E-state index is 11.7. The second kappa shape index (κ2) is 7.46. The van der Waals surface area contributed by atoms with E-state index in [2.05, 4.69) is 29.3 Å². The van der Waals surface area contributed by atoms with Gasteiger partial charge in [-0.2, -0.15) is 0 Å². The minimum absolute atomic E-state index is 0.0691. The number of nitrogens with one attached hydrogen (secondary N) is 1. The maximum absolute atomic E-state index is 11.7. The molecule has 0 spiro atoms. The van der Waals surface area contributed by atoms with E-state index < -0.39 is 0 Å². The molecule has 1 aliphatic heterocycles. The first-order chi connectivity index (χ1) is 10.0. The molecule has 1 aliphatic rings. The number of hydrogen-bond donors (Lipinski definition) is 1. The van der Waals surface area contributed by atoms with Crippen LogP contribution in [0.1, 0.15) is 33.6 Å². The molecule has 0 aliphatic carbocycles. The highest BCUT2D eigenvalue weighted by Gasteiger charge is 2.15. The molecule has 1 heterocycles. The van der Waals surface area contributed by atoms with Crippen molar-refractivity contribution in [3.63, 3.8) is 0 Å². The number of anilines is 2. The summed E-state index contributed by atoms with van der Waals surface area (Å²) in [5.74, 6) is 0.726. The van der Waals surface area contributed by atoms with Crippen LogP contribution in [-0.4, -0.2) is 31.7 Å². The fourth-order valence-corrected chi connectivity index (χ4v) is 2.46. The zero-order chi connectivity index (χ0) is 15.2. The largest absolute Gasteiger partial charge is 0.372 e. The summed E-state index contributed by atoms with van der Waals surface area (Å²) >= 11 is 0. The van der Waals surface area contributed by atoms with Crippen molar-refractivity contribution in [3.05, 3.63) is 24.3 Å². The highest BCUT2D eigenvalue weighted by Crippen LogP contribution is 2.24. The Balaban J connectivity index is 1.85. The lowest BCUT2D eigenvalue weighted by Gasteiger charge is -2.32. The van der Waals surface area contributed by atoms with Crippen molar-refractivity contribution in [2.75, 3.05) is 29.9 Å². The Morgan fingerprint density at radius 1 is 1.29 bits per heavy atom. The zero-order valence-corrected chi connectivity index (χ0v) is 13.3. The fraction of sp³-hybridized carbons (Fsp3) is 0.588. The summed E-state index contributed by atoms with van der Waals surface area (Å²) in [6.07, 6.45) is 2.58. The lowest BCUT2D eigenvalue weighted by molar-refractivity contribution is -0.121. The van der Waals surface area contributed by atoms with E-state index in [1.165, 1.54) is 18.5 Å². The molecule has 0 unspecified atom stereocenters. The van der Waals surface area contributed by atoms with Crippen molar-refractivity contribution in [2.24, 2.45) is 5.92 Å². The Labute approximate surface area is 127 Å². The minimum atomic E-state index is -0.108. The first-order valence-corrected chi connectivity index (χ1v) is 7.81. The summed E-state index contributed by atoms with van der Waals surface area (Å²) in [6, 6.07) is 8.07. The Bertz CT molecular complexity index is 448. The van der Waals surface area contributed by atoms with Crippen LogP contribution in [0.5, 0.6) is 0 Å². The highest BCUT2D eigenvalue weighted by atomic mass is 16.5. The Hall–Kier alpha value is -1.55. The van der Waals surface area contributed by atoms with Crippen LogP contribution in [-0.2, 0) is 9.53 Å². The van der Waals surface area contributed by atoms with E-state index in [4.69, 9.17) is 4.74 Å². The smallest absolute Gasteiger partial charge is 0.250 e. The number of amides is 1. The predicted octanol–water partition coefficient (Wildman–Crippen LogP) is 3.29. The van der Waals surface area contributed by atoms with Crippen LogP contribution >= 0.6 is 0 Å². The molecule has 1 aromatic carbocycles. The molecule has 1 N–H and O–H groups in total. The molecule has 2 rings (SSSR count). The van der Waals surface area contributed by atoms with Crippen LogP contribution in [0, 0.1) is 5.92 Å². The number of benzene rings is 1. The van der Waals surface area contributed by atoms with Crippen LogP contribution in [0.2, 0.25) is 0 Å². The average Bonchev–Trinajstić information content (AvgIpc) is 2.47. The highest BCUT2D eigenvalue weighted by molar-refractivity contribution is 5.91. The molecule has 4 nitrogen and oxygen atoms in total. The standard InChI is InChI=1S/C17H26N2O2/c1-13(2)21-12-17(20)18-15-4-6-16(7-5-15)19-10-8-14(3)9-11-19/h4-7,13-14H,8-12H2,1-3H3,(H,18,20). The van der Waals surface area contributed by atoms with Crippen molar-refractivity contribution in [1.29, 1.82) is 0 Å². The second-order valence-electron chi connectivity index (χ2n) is 6.12. The molecular weight excluding hydrogens is 264 g/mol. The minimum Gasteiger partial charge on any atom is -0.372 e. The SMILES string of the molecule is CC1CCN(c2ccc(NC(=O)COC(C)C)cc2)CC1. The molecule has 1 aromatic rings. The Kier molecular flexibility index (Phi) is 5.62. The van der Waals surface area contributed by atoms with Crippen LogP contribution in [0.15, 0.2) is 24.3 Å². The van der Waals surface area contributed by atoms with E-state index in [0.29, 0.717) is 0 Å². The van der Waals surface area contributed by atoms with Crippen molar-refractivity contribution in [1.82, 2.24) is 0 Å². The molecule has 0 saturated carbocycles. The molecule has 116 valence electrons. The molecule has 0 atom stereocenters. The molecule has 0 radical (unpaired) electrons. The number of rotatable bonds is 5. The molecule has 0 bridgehead atoms. The van der Waals surface area contributed by atoms with Gasteiger partial charge in [-0.1, -0.05) is 6.92 Å². The van der Waals surface area contributed by atoms with Gasteiger partial charge in [0, 0.05) is 24.5 Å². The van der Waals surface area contributed by atoms with Gasteiger partial charge in [-0.15, -0.1) is 0 Å². The first kappa shape index (κ1) is 15.8. The van der Waals surface area contributed by atoms with Gasteiger partial charge in [0.15, 0.2) is 0 Å². The van der Waals surface area contributed by atoms with Gasteiger partial charge in [0.2, 0.25) is 5.91 Å². The third-order valence-electron chi connectivity index (χ3n) is 3.85. The van der Waals surface area contributed by atoms with E-state index in [1.54, 1.807) is 0 Å². The molecule has 0 aromatic heterocycles. The first-order valence-electron chi connectivity index (χ1n) is 7.81. The number of carbonyl (C=O) groups excluding carboxylic acids is 1. The normalized spacial score (nSPS) is 16.3. The Morgan fingerprint density at radius 2 is 1.90 bits per heavy atom. The lowest BCUT2D eigenvalue weighted by Crippen LogP contribution is -2.32. The van der Waals surface area contributed by atoms with Crippen molar-refractivity contribution in [3.8, 4) is 0 Å². The zero-order valence-electron chi connectivity index (χ0n) is 13.3. The predicted molar refractivity (Wildman–Crippen MR) is 86.8 cm³/mol. The summed E-state index contributed by atoms with van der Waals surface area (Å²) in [5, 5.41) is 2.85. The molecular formula is C17H26N2O2. The summed E-state index contributed by atoms with van der Waals surface area (Å²) in [7, 11) is 0. The third-order valence-corrected chi connectivity index (χ3v) is 3.85. The van der Waals surface area contributed by atoms with Gasteiger partial charge in [-0.05, 0) is 56.9 Å². The van der Waals surface area contributed by atoms with Crippen LogP contribution < -0.4 is 10.2 Å². The number of piperidine rings is 1. The van der Waals surface area contributed by atoms with E-state index in [-0.39, 0.29) is 18.6 Å². The maximum Gasteiger partial charge on any atom is 0.250 e. The number of ether oxygens (including phenoxy) is 1. The molecule has 4 heteroatoms. The van der Waals surface area contributed by atoms with Crippen molar-refractivity contribution >= 4 is 17.3 Å². The van der Waals surface area contributed by atoms with Crippen LogP contribution in [0.4, 0.5) is 11.4 Å². The molecule has 1 fully saturated rings. The summed E-state index contributed by atoms with van der Waals surface area (Å²) in [5.41, 5.74) is 2.06. The lowest BCUT2D eigenvalue weighted by atomic mass is 9.99. The monoisotopic (exact) mass is 290 g/mol. The molecule has 1 saturated heterocycles. The average molecular weight is 290 g/mol. The third kappa shape index (κ3) is 5.05.